The van der Waals surface area contributed by atoms with Crippen molar-refractivity contribution >= 4 is 47.4 Å². The SMILES string of the molecule is CCNC(=NCc1cccc(C(N)=O)c1)NCCc1ccccc1Cl.I. The number of carbonyl (C=O) groups is 1. The number of nitrogens with one attached hydrogen (secondary N) is 2. The van der Waals surface area contributed by atoms with Gasteiger partial charge >= 0.3 is 0 Å². The molecule has 0 saturated heterocycles. The fraction of sp³-hybridized carbons (Fsp3) is 0.263. The van der Waals surface area contributed by atoms with Crippen LogP contribution < -0.4 is 16.4 Å². The minimum Gasteiger partial charge on any atom is -0.366 e. The van der Waals surface area contributed by atoms with Gasteiger partial charge in [-0.2, -0.15) is 0 Å². The molecule has 0 radical (unpaired) electrons. The number of primary amides is 1. The lowest BCUT2D eigenvalue weighted by Gasteiger charge is -2.12. The fourth-order valence-electron chi connectivity index (χ4n) is 2.35. The molecule has 0 bridgehead atoms. The first kappa shape index (κ1) is 22.2. The number of carbonyl (C=O) groups excluding carboxylic acids is 1. The molecule has 0 atom stereocenters. The largest absolute Gasteiger partial charge is 0.366 e. The lowest BCUT2D eigenvalue weighted by atomic mass is 10.1. The number of benzene rings is 2. The van der Waals surface area contributed by atoms with Crippen molar-refractivity contribution in [2.75, 3.05) is 13.1 Å². The Morgan fingerprint density at radius 2 is 1.92 bits per heavy atom. The highest BCUT2D eigenvalue weighted by atomic mass is 127. The van der Waals surface area contributed by atoms with Crippen LogP contribution >= 0.6 is 35.6 Å². The van der Waals surface area contributed by atoms with E-state index in [0.29, 0.717) is 12.1 Å². The topological polar surface area (TPSA) is 79.5 Å². The molecule has 2 aromatic carbocycles. The highest BCUT2D eigenvalue weighted by Gasteiger charge is 2.03. The minimum atomic E-state index is -0.435. The summed E-state index contributed by atoms with van der Waals surface area (Å²) in [6, 6.07) is 15.0. The molecule has 0 heterocycles. The molecule has 2 aromatic rings. The Labute approximate surface area is 176 Å². The van der Waals surface area contributed by atoms with Gasteiger partial charge in [0, 0.05) is 23.7 Å². The van der Waals surface area contributed by atoms with Crippen LogP contribution in [0.25, 0.3) is 0 Å². The zero-order valence-corrected chi connectivity index (χ0v) is 17.8. The van der Waals surface area contributed by atoms with Crippen LogP contribution in [0.5, 0.6) is 0 Å². The molecule has 140 valence electrons. The molecule has 0 aliphatic rings. The van der Waals surface area contributed by atoms with E-state index in [1.165, 1.54) is 0 Å². The number of nitrogens with zero attached hydrogens (tertiary/aromatic N) is 1. The van der Waals surface area contributed by atoms with Gasteiger partial charge in [0.2, 0.25) is 5.91 Å². The van der Waals surface area contributed by atoms with Gasteiger partial charge in [0.1, 0.15) is 0 Å². The Bertz CT molecular complexity index is 752. The molecule has 0 aromatic heterocycles. The quantitative estimate of drug-likeness (QED) is 0.319. The van der Waals surface area contributed by atoms with Gasteiger partial charge in [-0.15, -0.1) is 24.0 Å². The summed E-state index contributed by atoms with van der Waals surface area (Å²) in [4.78, 5) is 15.8. The molecule has 26 heavy (non-hydrogen) atoms. The maximum Gasteiger partial charge on any atom is 0.248 e. The van der Waals surface area contributed by atoms with Gasteiger partial charge in [0.25, 0.3) is 0 Å². The summed E-state index contributed by atoms with van der Waals surface area (Å²) < 4.78 is 0. The molecular weight excluding hydrogens is 463 g/mol. The van der Waals surface area contributed by atoms with Gasteiger partial charge in [-0.25, -0.2) is 4.99 Å². The van der Waals surface area contributed by atoms with Crippen molar-refractivity contribution in [3.8, 4) is 0 Å². The first-order valence-corrected chi connectivity index (χ1v) is 8.62. The molecule has 0 saturated carbocycles. The van der Waals surface area contributed by atoms with Crippen LogP contribution in [0.1, 0.15) is 28.4 Å². The summed E-state index contributed by atoms with van der Waals surface area (Å²) in [5, 5.41) is 7.27. The number of guanidine groups is 1. The number of halogens is 2. The smallest absolute Gasteiger partial charge is 0.248 e. The number of hydrogen-bond acceptors (Lipinski definition) is 2. The second-order valence-electron chi connectivity index (χ2n) is 5.53. The van der Waals surface area contributed by atoms with Gasteiger partial charge < -0.3 is 16.4 Å². The van der Waals surface area contributed by atoms with Crippen LogP contribution in [-0.4, -0.2) is 25.0 Å². The Kier molecular flexibility index (Phi) is 10.0. The van der Waals surface area contributed by atoms with E-state index in [0.717, 1.165) is 41.6 Å². The van der Waals surface area contributed by atoms with Crippen LogP contribution in [0.15, 0.2) is 53.5 Å². The maximum atomic E-state index is 11.2. The third-order valence-corrected chi connectivity index (χ3v) is 3.99. The Hall–Kier alpha value is -1.80. The van der Waals surface area contributed by atoms with Crippen molar-refractivity contribution in [1.29, 1.82) is 0 Å². The zero-order chi connectivity index (χ0) is 18.1. The van der Waals surface area contributed by atoms with Gasteiger partial charge in [-0.05, 0) is 42.7 Å². The third-order valence-electron chi connectivity index (χ3n) is 3.62. The van der Waals surface area contributed by atoms with E-state index < -0.39 is 5.91 Å². The molecule has 0 aliphatic heterocycles. The molecular formula is C19H24ClIN4O. The predicted octanol–water partition coefficient (Wildman–Crippen LogP) is 3.35. The standard InChI is InChI=1S/C19H23ClN4O.HI/c1-2-22-19(23-11-10-15-7-3-4-9-17(15)20)24-13-14-6-5-8-16(12-14)18(21)25;/h3-9,12H,2,10-11,13H2,1H3,(H2,21,25)(H2,22,23,24);1H. The lowest BCUT2D eigenvalue weighted by molar-refractivity contribution is 0.1000. The second-order valence-corrected chi connectivity index (χ2v) is 5.94. The van der Waals surface area contributed by atoms with Crippen molar-refractivity contribution in [3.05, 3.63) is 70.2 Å². The third kappa shape index (κ3) is 7.21. The highest BCUT2D eigenvalue weighted by Crippen LogP contribution is 2.14. The van der Waals surface area contributed by atoms with Crippen molar-refractivity contribution in [2.24, 2.45) is 10.7 Å². The lowest BCUT2D eigenvalue weighted by Crippen LogP contribution is -2.38. The van der Waals surface area contributed by atoms with Gasteiger partial charge in [-0.1, -0.05) is 41.9 Å². The number of rotatable bonds is 7. The summed E-state index contributed by atoms with van der Waals surface area (Å²) in [5.74, 6) is 0.287. The van der Waals surface area contributed by atoms with E-state index in [4.69, 9.17) is 17.3 Å². The Balaban J connectivity index is 0.00000338. The molecule has 0 spiro atoms. The van der Waals surface area contributed by atoms with Crippen LogP contribution in [0, 0.1) is 0 Å². The number of amides is 1. The van der Waals surface area contributed by atoms with E-state index >= 15 is 0 Å². The van der Waals surface area contributed by atoms with E-state index in [1.54, 1.807) is 12.1 Å². The number of nitrogens with two attached hydrogens (primary N) is 1. The fourth-order valence-corrected chi connectivity index (χ4v) is 2.58. The van der Waals surface area contributed by atoms with Gasteiger partial charge in [0.05, 0.1) is 6.54 Å². The average Bonchev–Trinajstić information content (AvgIpc) is 2.61. The molecule has 4 N–H and O–H groups in total. The summed E-state index contributed by atoms with van der Waals surface area (Å²) in [5.41, 5.74) is 7.83. The molecule has 1 amide bonds. The first-order chi connectivity index (χ1) is 12.1. The minimum absolute atomic E-state index is 0. The monoisotopic (exact) mass is 486 g/mol. The van der Waals surface area contributed by atoms with Gasteiger partial charge in [-0.3, -0.25) is 4.79 Å². The van der Waals surface area contributed by atoms with Gasteiger partial charge in [0.15, 0.2) is 5.96 Å². The molecule has 0 fully saturated rings. The van der Waals surface area contributed by atoms with Crippen molar-refractivity contribution in [3.63, 3.8) is 0 Å². The zero-order valence-electron chi connectivity index (χ0n) is 14.7. The molecule has 7 heteroatoms. The summed E-state index contributed by atoms with van der Waals surface area (Å²) >= 11 is 6.17. The first-order valence-electron chi connectivity index (χ1n) is 8.24. The number of hydrogen-bond donors (Lipinski definition) is 3. The molecule has 5 nitrogen and oxygen atoms in total. The van der Waals surface area contributed by atoms with Crippen LogP contribution in [0.4, 0.5) is 0 Å². The maximum absolute atomic E-state index is 11.2. The van der Waals surface area contributed by atoms with E-state index in [9.17, 15) is 4.79 Å². The van der Waals surface area contributed by atoms with Crippen molar-refractivity contribution < 1.29 is 4.79 Å². The molecule has 2 rings (SSSR count). The normalized spacial score (nSPS) is 10.8. The Morgan fingerprint density at radius 3 is 2.62 bits per heavy atom. The Morgan fingerprint density at radius 1 is 1.15 bits per heavy atom. The van der Waals surface area contributed by atoms with E-state index in [-0.39, 0.29) is 24.0 Å². The second kappa shape index (κ2) is 11.7. The highest BCUT2D eigenvalue weighted by molar-refractivity contribution is 14.0. The average molecular weight is 487 g/mol. The summed E-state index contributed by atoms with van der Waals surface area (Å²) in [6.07, 6.45) is 0.807. The summed E-state index contributed by atoms with van der Waals surface area (Å²) in [6.45, 7) is 3.96. The van der Waals surface area contributed by atoms with Crippen LogP contribution in [0.3, 0.4) is 0 Å². The van der Waals surface area contributed by atoms with E-state index in [1.807, 2.05) is 43.3 Å². The van der Waals surface area contributed by atoms with Crippen molar-refractivity contribution in [1.82, 2.24) is 10.6 Å². The molecule has 0 unspecified atom stereocenters. The molecule has 0 aliphatic carbocycles. The predicted molar refractivity (Wildman–Crippen MR) is 118 cm³/mol. The van der Waals surface area contributed by atoms with Crippen LogP contribution in [-0.2, 0) is 13.0 Å². The van der Waals surface area contributed by atoms with Crippen LogP contribution in [0.2, 0.25) is 5.02 Å². The summed E-state index contributed by atoms with van der Waals surface area (Å²) in [7, 11) is 0. The van der Waals surface area contributed by atoms with E-state index in [2.05, 4.69) is 15.6 Å². The van der Waals surface area contributed by atoms with Crippen molar-refractivity contribution in [2.45, 2.75) is 19.9 Å². The number of aliphatic imine (C=N–C) groups is 1.